The number of carbonyl (C=O) groups is 1. The van der Waals surface area contributed by atoms with Gasteiger partial charge in [-0.05, 0) is 23.8 Å². The van der Waals surface area contributed by atoms with E-state index in [0.717, 1.165) is 22.2 Å². The van der Waals surface area contributed by atoms with E-state index in [-0.39, 0.29) is 5.57 Å². The molecule has 21 heavy (non-hydrogen) atoms. The van der Waals surface area contributed by atoms with E-state index in [2.05, 4.69) is 16.5 Å². The van der Waals surface area contributed by atoms with Crippen LogP contribution in [0.15, 0.2) is 55.2 Å². The third-order valence-corrected chi connectivity index (χ3v) is 3.46. The first-order valence-electron chi connectivity index (χ1n) is 6.59. The molecule has 0 aliphatic heterocycles. The van der Waals surface area contributed by atoms with Crippen molar-refractivity contribution in [3.8, 4) is 0 Å². The molecule has 104 valence electrons. The predicted octanol–water partition coefficient (Wildman–Crippen LogP) is 3.25. The summed E-state index contributed by atoms with van der Waals surface area (Å²) in [6.07, 6.45) is 2.29. The molecule has 2 heterocycles. The maximum atomic E-state index is 11.2. The van der Waals surface area contributed by atoms with Crippen LogP contribution in [0.25, 0.3) is 16.5 Å². The van der Waals surface area contributed by atoms with Gasteiger partial charge in [0.05, 0.1) is 11.3 Å². The van der Waals surface area contributed by atoms with Gasteiger partial charge in [-0.3, -0.25) is 4.98 Å². The number of aromatic amines is 1. The summed E-state index contributed by atoms with van der Waals surface area (Å²) in [4.78, 5) is 18.7. The number of rotatable bonds is 4. The molecule has 0 unspecified atom stereocenters. The summed E-state index contributed by atoms with van der Waals surface area (Å²) in [6, 6.07) is 13.5. The molecule has 0 spiro atoms. The minimum Gasteiger partial charge on any atom is -0.478 e. The van der Waals surface area contributed by atoms with E-state index >= 15 is 0 Å². The lowest BCUT2D eigenvalue weighted by atomic mass is 10.0. The van der Waals surface area contributed by atoms with Crippen LogP contribution >= 0.6 is 0 Å². The predicted molar refractivity (Wildman–Crippen MR) is 82.0 cm³/mol. The highest BCUT2D eigenvalue weighted by atomic mass is 16.4. The van der Waals surface area contributed by atoms with Crippen LogP contribution in [0, 0.1) is 0 Å². The average Bonchev–Trinajstić information content (AvgIpc) is 2.86. The number of carboxylic acid groups (broad SMARTS) is 1. The summed E-state index contributed by atoms with van der Waals surface area (Å²) < 4.78 is 0. The Hall–Kier alpha value is -2.88. The number of nitrogens with one attached hydrogen (secondary N) is 1. The number of fused-ring (bicyclic) bond motifs is 1. The van der Waals surface area contributed by atoms with Crippen molar-refractivity contribution in [3.63, 3.8) is 0 Å². The minimum atomic E-state index is -1.02. The van der Waals surface area contributed by atoms with E-state index in [1.807, 2.05) is 42.5 Å². The molecule has 4 nitrogen and oxygen atoms in total. The van der Waals surface area contributed by atoms with Crippen molar-refractivity contribution in [2.45, 2.75) is 6.42 Å². The third-order valence-electron chi connectivity index (χ3n) is 3.46. The fraction of sp³-hybridized carbons (Fsp3) is 0.0588. The average molecular weight is 278 g/mol. The fourth-order valence-corrected chi connectivity index (χ4v) is 2.43. The monoisotopic (exact) mass is 278 g/mol. The van der Waals surface area contributed by atoms with Crippen molar-refractivity contribution in [1.82, 2.24) is 9.97 Å². The summed E-state index contributed by atoms with van der Waals surface area (Å²) in [7, 11) is 0. The molecule has 4 heteroatoms. The number of nitrogens with zero attached hydrogens (tertiary/aromatic N) is 1. The van der Waals surface area contributed by atoms with Crippen LogP contribution < -0.4 is 0 Å². The van der Waals surface area contributed by atoms with Gasteiger partial charge in [-0.15, -0.1) is 0 Å². The molecule has 0 saturated carbocycles. The lowest BCUT2D eigenvalue weighted by Gasteiger charge is -2.04. The minimum absolute atomic E-state index is 0.0668. The zero-order valence-corrected chi connectivity index (χ0v) is 11.3. The highest BCUT2D eigenvalue weighted by Gasteiger charge is 2.18. The number of para-hydroxylation sites is 1. The number of hydrogen-bond acceptors (Lipinski definition) is 2. The van der Waals surface area contributed by atoms with Crippen LogP contribution in [0.1, 0.15) is 17.0 Å². The van der Waals surface area contributed by atoms with Gasteiger partial charge in [-0.1, -0.05) is 30.8 Å². The summed E-state index contributed by atoms with van der Waals surface area (Å²) in [5.41, 5.74) is 3.34. The molecule has 1 aromatic carbocycles. The van der Waals surface area contributed by atoms with Crippen molar-refractivity contribution < 1.29 is 9.90 Å². The highest BCUT2D eigenvalue weighted by molar-refractivity contribution is 6.15. The number of carboxylic acids is 1. The molecule has 2 N–H and O–H groups in total. The summed E-state index contributed by atoms with van der Waals surface area (Å²) in [5.74, 6) is -1.02. The number of pyridine rings is 1. The second-order valence-corrected chi connectivity index (χ2v) is 4.81. The van der Waals surface area contributed by atoms with Crippen LogP contribution in [0.5, 0.6) is 0 Å². The van der Waals surface area contributed by atoms with Gasteiger partial charge in [-0.2, -0.15) is 0 Å². The Bertz CT molecular complexity index is 819. The Morgan fingerprint density at radius 1 is 1.19 bits per heavy atom. The van der Waals surface area contributed by atoms with Crippen molar-refractivity contribution in [2.75, 3.05) is 0 Å². The molecule has 0 bridgehead atoms. The molecular weight excluding hydrogens is 264 g/mol. The van der Waals surface area contributed by atoms with Gasteiger partial charge in [0.2, 0.25) is 0 Å². The van der Waals surface area contributed by atoms with E-state index in [4.69, 9.17) is 0 Å². The molecule has 3 rings (SSSR count). The molecule has 0 amide bonds. The van der Waals surface area contributed by atoms with Crippen LogP contribution in [0.4, 0.5) is 0 Å². The van der Waals surface area contributed by atoms with Crippen molar-refractivity contribution >= 4 is 22.4 Å². The van der Waals surface area contributed by atoms with Gasteiger partial charge in [0.25, 0.3) is 0 Å². The van der Waals surface area contributed by atoms with Gasteiger partial charge >= 0.3 is 5.97 Å². The van der Waals surface area contributed by atoms with Gasteiger partial charge < -0.3 is 10.1 Å². The van der Waals surface area contributed by atoms with E-state index < -0.39 is 5.97 Å². The van der Waals surface area contributed by atoms with Crippen LogP contribution in [-0.4, -0.2) is 21.0 Å². The Morgan fingerprint density at radius 2 is 1.95 bits per heavy atom. The van der Waals surface area contributed by atoms with Crippen LogP contribution in [0.3, 0.4) is 0 Å². The van der Waals surface area contributed by atoms with E-state index in [0.29, 0.717) is 12.1 Å². The maximum Gasteiger partial charge on any atom is 0.337 e. The Kier molecular flexibility index (Phi) is 3.28. The lowest BCUT2D eigenvalue weighted by Crippen LogP contribution is -2.02. The second-order valence-electron chi connectivity index (χ2n) is 4.81. The van der Waals surface area contributed by atoms with Gasteiger partial charge in [0.1, 0.15) is 0 Å². The molecule has 0 radical (unpaired) electrons. The van der Waals surface area contributed by atoms with Crippen molar-refractivity contribution in [3.05, 3.63) is 72.2 Å². The van der Waals surface area contributed by atoms with Gasteiger partial charge in [-0.25, -0.2) is 4.79 Å². The number of aliphatic carboxylic acids is 1. The molecular formula is C17H14N2O2. The fourth-order valence-electron chi connectivity index (χ4n) is 2.43. The van der Waals surface area contributed by atoms with Crippen LogP contribution in [-0.2, 0) is 11.2 Å². The molecule has 2 aromatic heterocycles. The topological polar surface area (TPSA) is 66.0 Å². The van der Waals surface area contributed by atoms with E-state index in [1.54, 1.807) is 6.20 Å². The molecule has 0 fully saturated rings. The number of benzene rings is 1. The van der Waals surface area contributed by atoms with Gasteiger partial charge in [0.15, 0.2) is 0 Å². The molecule has 0 aliphatic rings. The smallest absolute Gasteiger partial charge is 0.337 e. The summed E-state index contributed by atoms with van der Waals surface area (Å²) >= 11 is 0. The first kappa shape index (κ1) is 13.1. The Balaban J connectivity index is 2.16. The first-order chi connectivity index (χ1) is 10.2. The molecule has 0 aliphatic carbocycles. The van der Waals surface area contributed by atoms with E-state index in [1.165, 1.54) is 0 Å². The number of hydrogen-bond donors (Lipinski definition) is 2. The maximum absolute atomic E-state index is 11.2. The molecule has 3 aromatic rings. The summed E-state index contributed by atoms with van der Waals surface area (Å²) in [5, 5.41) is 10.2. The normalized spacial score (nSPS) is 10.7. The highest BCUT2D eigenvalue weighted by Crippen LogP contribution is 2.28. The largest absolute Gasteiger partial charge is 0.478 e. The Morgan fingerprint density at radius 3 is 2.67 bits per heavy atom. The number of aromatic nitrogens is 2. The molecule has 0 saturated heterocycles. The van der Waals surface area contributed by atoms with Crippen molar-refractivity contribution in [1.29, 1.82) is 0 Å². The number of H-pyrrole nitrogens is 1. The Labute approximate surface area is 121 Å². The zero-order valence-electron chi connectivity index (χ0n) is 11.3. The second kappa shape index (κ2) is 5.25. The SMILES string of the molecule is C=C(C(=O)O)c1[nH]c2ccccc2c1Cc1ccccn1. The van der Waals surface area contributed by atoms with E-state index in [9.17, 15) is 9.90 Å². The summed E-state index contributed by atoms with van der Waals surface area (Å²) in [6.45, 7) is 3.67. The van der Waals surface area contributed by atoms with Gasteiger partial charge in [0, 0.05) is 29.2 Å². The third kappa shape index (κ3) is 2.43. The van der Waals surface area contributed by atoms with Crippen LogP contribution in [0.2, 0.25) is 0 Å². The van der Waals surface area contributed by atoms with Crippen molar-refractivity contribution in [2.24, 2.45) is 0 Å². The first-order valence-corrected chi connectivity index (χ1v) is 6.59. The quantitative estimate of drug-likeness (QED) is 0.720. The lowest BCUT2D eigenvalue weighted by molar-refractivity contribution is -0.130. The standard InChI is InChI=1S/C17H14N2O2/c1-11(17(20)21)16-14(10-12-6-4-5-9-18-12)13-7-2-3-8-15(13)19-16/h2-9,19H,1,10H2,(H,20,21). The zero-order chi connectivity index (χ0) is 14.8. The molecule has 0 atom stereocenters.